The van der Waals surface area contributed by atoms with Gasteiger partial charge in [-0.3, -0.25) is 0 Å². The maximum Gasteiger partial charge on any atom is 0.460 e. The van der Waals surface area contributed by atoms with Gasteiger partial charge in [0.1, 0.15) is 0 Å². The molecule has 1 unspecified atom stereocenters. The van der Waals surface area contributed by atoms with Gasteiger partial charge in [0.15, 0.2) is 0 Å². The number of hydrogen-bond acceptors (Lipinski definition) is 1. The van der Waals surface area contributed by atoms with E-state index in [4.69, 9.17) is 5.73 Å². The Morgan fingerprint density at radius 1 is 0.731 bits per heavy atom. The van der Waals surface area contributed by atoms with Crippen LogP contribution in [0.3, 0.4) is 0 Å². The maximum atomic E-state index is 13.7. The van der Waals surface area contributed by atoms with Gasteiger partial charge in [-0.2, -0.15) is 39.5 Å². The van der Waals surface area contributed by atoms with Crippen molar-refractivity contribution in [3.63, 3.8) is 0 Å². The number of benzene rings is 2. The third-order valence-corrected chi connectivity index (χ3v) is 3.89. The van der Waals surface area contributed by atoms with Gasteiger partial charge in [-0.15, -0.1) is 0 Å². The Bertz CT molecular complexity index is 783. The molecule has 2 rings (SSSR count). The zero-order valence-corrected chi connectivity index (χ0v) is 12.8. The van der Waals surface area contributed by atoms with E-state index in [1.54, 1.807) is 24.3 Å². The van der Waals surface area contributed by atoms with Gasteiger partial charge in [-0.25, -0.2) is 0 Å². The normalized spacial score (nSPS) is 15.3. The Kier molecular flexibility index (Phi) is 4.95. The molecule has 0 spiro atoms. The quantitative estimate of drug-likeness (QED) is 0.653. The van der Waals surface area contributed by atoms with E-state index in [-0.39, 0.29) is 5.56 Å². The molecule has 10 heteroatoms. The van der Waals surface area contributed by atoms with E-state index in [0.717, 1.165) is 0 Å². The van der Waals surface area contributed by atoms with Gasteiger partial charge in [0.2, 0.25) is 0 Å². The third-order valence-electron chi connectivity index (χ3n) is 3.89. The molecule has 0 aromatic heterocycles. The highest BCUT2D eigenvalue weighted by molar-refractivity contribution is 5.83. The summed E-state index contributed by atoms with van der Waals surface area (Å²) in [5.41, 5.74) is 5.28. The Hall–Kier alpha value is -1.97. The molecule has 1 nitrogen and oxygen atoms in total. The average Bonchev–Trinajstić information content (AvgIpc) is 2.52. The molecule has 0 saturated heterocycles. The minimum atomic E-state index is -6.91. The lowest BCUT2D eigenvalue weighted by atomic mass is 9.93. The van der Waals surface area contributed by atoms with Crippen LogP contribution in [0.15, 0.2) is 42.5 Å². The van der Waals surface area contributed by atoms with Crippen molar-refractivity contribution in [2.75, 3.05) is 0 Å². The number of rotatable bonds is 5. The second-order valence-electron chi connectivity index (χ2n) is 5.77. The van der Waals surface area contributed by atoms with E-state index in [1.807, 2.05) is 0 Å². The van der Waals surface area contributed by atoms with Gasteiger partial charge in [0.05, 0.1) is 0 Å². The molecule has 2 N–H and O–H groups in total. The predicted molar refractivity (Wildman–Crippen MR) is 76.4 cm³/mol. The van der Waals surface area contributed by atoms with Crippen LogP contribution in [0, 0.1) is 0 Å². The van der Waals surface area contributed by atoms with E-state index in [1.165, 1.54) is 18.2 Å². The highest BCUT2D eigenvalue weighted by atomic mass is 19.4. The van der Waals surface area contributed by atoms with Crippen LogP contribution in [0.1, 0.15) is 18.0 Å². The van der Waals surface area contributed by atoms with Crippen LogP contribution >= 0.6 is 0 Å². The summed E-state index contributed by atoms with van der Waals surface area (Å²) in [5, 5.41) is 1.18. The summed E-state index contributed by atoms with van der Waals surface area (Å²) in [6.45, 7) is 0. The van der Waals surface area contributed by atoms with Gasteiger partial charge in [0, 0.05) is 12.5 Å². The third kappa shape index (κ3) is 3.34. The van der Waals surface area contributed by atoms with E-state index in [2.05, 4.69) is 0 Å². The minimum Gasteiger partial charge on any atom is -0.324 e. The first-order chi connectivity index (χ1) is 11.7. The molecule has 144 valence electrons. The summed E-state index contributed by atoms with van der Waals surface area (Å²) in [4.78, 5) is 0. The Labute approximate surface area is 141 Å². The van der Waals surface area contributed by atoms with Crippen LogP contribution < -0.4 is 5.73 Å². The molecule has 0 aliphatic rings. The van der Waals surface area contributed by atoms with Crippen molar-refractivity contribution in [2.24, 2.45) is 5.73 Å². The Morgan fingerprint density at radius 2 is 1.27 bits per heavy atom. The molecule has 0 amide bonds. The largest absolute Gasteiger partial charge is 0.460 e. The highest BCUT2D eigenvalue weighted by Crippen LogP contribution is 2.54. The average molecular weight is 389 g/mol. The highest BCUT2D eigenvalue weighted by Gasteiger charge is 2.81. The van der Waals surface area contributed by atoms with E-state index >= 15 is 0 Å². The first kappa shape index (κ1) is 20.3. The molecule has 2 aromatic rings. The molecule has 26 heavy (non-hydrogen) atoms. The van der Waals surface area contributed by atoms with Gasteiger partial charge < -0.3 is 5.73 Å². The molecule has 0 bridgehead atoms. The van der Waals surface area contributed by atoms with Gasteiger partial charge >= 0.3 is 23.9 Å². The summed E-state index contributed by atoms with van der Waals surface area (Å²) >= 11 is 0. The lowest BCUT2D eigenvalue weighted by Gasteiger charge is -2.34. The molecular formula is C16H12F9N. The SMILES string of the molecule is NC(CC(F)(F)C(F)(F)C(F)(F)C(F)(F)F)c1ccc2ccccc2c1. The van der Waals surface area contributed by atoms with Crippen LogP contribution in [-0.2, 0) is 0 Å². The summed E-state index contributed by atoms with van der Waals surface area (Å²) in [6, 6.07) is 8.54. The van der Waals surface area contributed by atoms with E-state index in [0.29, 0.717) is 10.8 Å². The Morgan fingerprint density at radius 3 is 1.81 bits per heavy atom. The molecule has 0 aliphatic carbocycles. The van der Waals surface area contributed by atoms with Gasteiger partial charge in [-0.05, 0) is 22.4 Å². The zero-order chi connectivity index (χ0) is 20.0. The molecule has 2 aromatic carbocycles. The second kappa shape index (κ2) is 6.33. The van der Waals surface area contributed by atoms with Crippen molar-refractivity contribution >= 4 is 10.8 Å². The van der Waals surface area contributed by atoms with Crippen LogP contribution in [-0.4, -0.2) is 23.9 Å². The fraction of sp³-hybridized carbons (Fsp3) is 0.375. The predicted octanol–water partition coefficient (Wildman–Crippen LogP) is 5.70. The van der Waals surface area contributed by atoms with Crippen molar-refractivity contribution < 1.29 is 39.5 Å². The second-order valence-corrected chi connectivity index (χ2v) is 5.77. The van der Waals surface area contributed by atoms with Crippen molar-refractivity contribution in [2.45, 2.75) is 36.4 Å². The van der Waals surface area contributed by atoms with E-state index in [9.17, 15) is 39.5 Å². The van der Waals surface area contributed by atoms with Crippen molar-refractivity contribution in [3.8, 4) is 0 Å². The molecule has 0 radical (unpaired) electrons. The monoisotopic (exact) mass is 389 g/mol. The molecule has 0 fully saturated rings. The first-order valence-corrected chi connectivity index (χ1v) is 7.15. The maximum absolute atomic E-state index is 13.7. The minimum absolute atomic E-state index is 0.102. The summed E-state index contributed by atoms with van der Waals surface area (Å²) in [5.74, 6) is -19.3. The first-order valence-electron chi connectivity index (χ1n) is 7.15. The number of hydrogen-bond donors (Lipinski definition) is 1. The summed E-state index contributed by atoms with van der Waals surface area (Å²) in [6.07, 6.45) is -8.93. The standard InChI is InChI=1S/C16H12F9N/c17-13(18,14(19,20)15(21,22)16(23,24)25)8-12(26)11-6-5-9-3-1-2-4-10(9)7-11/h1-7,12H,8,26H2. The van der Waals surface area contributed by atoms with Crippen LogP contribution in [0.2, 0.25) is 0 Å². The smallest absolute Gasteiger partial charge is 0.324 e. The van der Waals surface area contributed by atoms with Crippen molar-refractivity contribution in [3.05, 3.63) is 48.0 Å². The topological polar surface area (TPSA) is 26.0 Å². The molecule has 1 atom stereocenters. The number of alkyl halides is 9. The van der Waals surface area contributed by atoms with Crippen LogP contribution in [0.25, 0.3) is 10.8 Å². The molecule has 0 heterocycles. The summed E-state index contributed by atoms with van der Waals surface area (Å²) < 4.78 is 116. The van der Waals surface area contributed by atoms with Crippen molar-refractivity contribution in [1.29, 1.82) is 0 Å². The number of fused-ring (bicyclic) bond motifs is 1. The number of nitrogens with two attached hydrogens (primary N) is 1. The van der Waals surface area contributed by atoms with E-state index < -0.39 is 36.4 Å². The lowest BCUT2D eigenvalue weighted by molar-refractivity contribution is -0.397. The van der Waals surface area contributed by atoms with Gasteiger partial charge in [0.25, 0.3) is 0 Å². The molecule has 0 saturated carbocycles. The fourth-order valence-corrected chi connectivity index (χ4v) is 2.37. The van der Waals surface area contributed by atoms with Crippen LogP contribution in [0.5, 0.6) is 0 Å². The Balaban J connectivity index is 2.31. The summed E-state index contributed by atoms with van der Waals surface area (Å²) in [7, 11) is 0. The fourth-order valence-electron chi connectivity index (χ4n) is 2.37. The van der Waals surface area contributed by atoms with Gasteiger partial charge in [-0.1, -0.05) is 36.4 Å². The van der Waals surface area contributed by atoms with Crippen molar-refractivity contribution in [1.82, 2.24) is 0 Å². The molecule has 0 aliphatic heterocycles. The van der Waals surface area contributed by atoms with Crippen LogP contribution in [0.4, 0.5) is 39.5 Å². The molecular weight excluding hydrogens is 377 g/mol. The zero-order valence-electron chi connectivity index (χ0n) is 12.8. The lowest BCUT2D eigenvalue weighted by Crippen LogP contribution is -2.61. The number of halogens is 9.